The molecule has 0 aliphatic carbocycles. The van der Waals surface area contributed by atoms with Crippen LogP contribution in [0.1, 0.15) is 0 Å². The lowest BCUT2D eigenvalue weighted by Gasteiger charge is -2.03. The van der Waals surface area contributed by atoms with Gasteiger partial charge in [0.1, 0.15) is 18.2 Å². The van der Waals surface area contributed by atoms with Crippen LogP contribution in [0.3, 0.4) is 0 Å². The highest BCUT2D eigenvalue weighted by Crippen LogP contribution is 2.20. The first kappa shape index (κ1) is 9.35. The summed E-state index contributed by atoms with van der Waals surface area (Å²) in [6.07, 6.45) is 5.10. The number of nitrogens with two attached hydrogens (primary N) is 1. The predicted molar refractivity (Wildman–Crippen MR) is 60.5 cm³/mol. The lowest BCUT2D eigenvalue weighted by molar-refractivity contribution is 0.371. The van der Waals surface area contributed by atoms with Gasteiger partial charge in [0.15, 0.2) is 0 Å². The molecule has 0 atom stereocenters. The minimum atomic E-state index is 0.258. The third-order valence-electron chi connectivity index (χ3n) is 2.01. The van der Waals surface area contributed by atoms with Gasteiger partial charge in [0.2, 0.25) is 0 Å². The molecule has 74 valence electrons. The fourth-order valence-corrected chi connectivity index (χ4v) is 1.33. The number of nitrogen functional groups attached to an aromatic ring is 1. The molecule has 0 aliphatic heterocycles. The van der Waals surface area contributed by atoms with E-state index in [1.165, 1.54) is 0 Å². The van der Waals surface area contributed by atoms with Gasteiger partial charge in [0.05, 0.1) is 5.52 Å². The quantitative estimate of drug-likeness (QED) is 0.749. The van der Waals surface area contributed by atoms with Crippen LogP contribution < -0.4 is 10.5 Å². The average molecular weight is 198 g/mol. The summed E-state index contributed by atoms with van der Waals surface area (Å²) in [5.41, 5.74) is 6.40. The fourth-order valence-electron chi connectivity index (χ4n) is 1.33. The number of rotatable bonds is 2. The van der Waals surface area contributed by atoms with Crippen LogP contribution in [0.25, 0.3) is 10.9 Å². The maximum atomic E-state index is 5.59. The van der Waals surface area contributed by atoms with E-state index in [9.17, 15) is 0 Å². The number of aromatic nitrogens is 1. The smallest absolute Gasteiger partial charge is 0.148 e. The molecule has 0 bridgehead atoms. The summed E-state index contributed by atoms with van der Waals surface area (Å²) in [4.78, 5) is 4.19. The van der Waals surface area contributed by atoms with Gasteiger partial charge in [0.25, 0.3) is 0 Å². The second-order valence-corrected chi connectivity index (χ2v) is 3.08. The van der Waals surface area contributed by atoms with Gasteiger partial charge in [-0.05, 0) is 24.3 Å². The van der Waals surface area contributed by atoms with Gasteiger partial charge in [-0.3, -0.25) is 0 Å². The Hall–Kier alpha value is -2.21. The number of anilines is 1. The molecular formula is C12H10N2O. The van der Waals surface area contributed by atoms with E-state index in [0.29, 0.717) is 11.6 Å². The van der Waals surface area contributed by atoms with Gasteiger partial charge in [-0.15, -0.1) is 6.42 Å². The van der Waals surface area contributed by atoms with Crippen LogP contribution in [0.15, 0.2) is 30.3 Å². The van der Waals surface area contributed by atoms with Gasteiger partial charge in [-0.2, -0.15) is 0 Å². The van der Waals surface area contributed by atoms with Crippen LogP contribution in [0.2, 0.25) is 0 Å². The maximum Gasteiger partial charge on any atom is 0.148 e. The van der Waals surface area contributed by atoms with E-state index < -0.39 is 0 Å². The topological polar surface area (TPSA) is 48.1 Å². The minimum absolute atomic E-state index is 0.258. The SMILES string of the molecule is C#CCOc1ccc2ccc(N)nc2c1. The van der Waals surface area contributed by atoms with Crippen molar-refractivity contribution in [1.29, 1.82) is 0 Å². The van der Waals surface area contributed by atoms with Crippen LogP contribution in [0, 0.1) is 12.3 Å². The standard InChI is InChI=1S/C12H10N2O/c1-2-7-15-10-5-3-9-4-6-12(13)14-11(9)8-10/h1,3-6,8H,7H2,(H2,13,14). The van der Waals surface area contributed by atoms with Gasteiger partial charge in [-0.25, -0.2) is 4.98 Å². The predicted octanol–water partition coefficient (Wildman–Crippen LogP) is 1.83. The Balaban J connectivity index is 2.41. The molecule has 0 amide bonds. The summed E-state index contributed by atoms with van der Waals surface area (Å²) in [5.74, 6) is 3.61. The highest BCUT2D eigenvalue weighted by atomic mass is 16.5. The van der Waals surface area contributed by atoms with E-state index in [2.05, 4.69) is 10.9 Å². The Morgan fingerprint density at radius 1 is 1.33 bits per heavy atom. The van der Waals surface area contributed by atoms with Gasteiger partial charge < -0.3 is 10.5 Å². The maximum absolute atomic E-state index is 5.59. The number of pyridine rings is 1. The van der Waals surface area contributed by atoms with E-state index in [0.717, 1.165) is 10.9 Å². The highest BCUT2D eigenvalue weighted by molar-refractivity contribution is 5.81. The summed E-state index contributed by atoms with van der Waals surface area (Å²) >= 11 is 0. The van der Waals surface area contributed by atoms with E-state index in [-0.39, 0.29) is 6.61 Å². The normalized spacial score (nSPS) is 9.80. The van der Waals surface area contributed by atoms with Gasteiger partial charge >= 0.3 is 0 Å². The summed E-state index contributed by atoms with van der Waals surface area (Å²) in [7, 11) is 0. The first-order valence-corrected chi connectivity index (χ1v) is 4.52. The van der Waals surface area contributed by atoms with Crippen molar-refractivity contribution in [3.8, 4) is 18.1 Å². The van der Waals surface area contributed by atoms with E-state index in [4.69, 9.17) is 16.9 Å². The van der Waals surface area contributed by atoms with Crippen molar-refractivity contribution in [1.82, 2.24) is 4.98 Å². The van der Waals surface area contributed by atoms with Crippen LogP contribution >= 0.6 is 0 Å². The molecule has 0 saturated heterocycles. The van der Waals surface area contributed by atoms with Crippen molar-refractivity contribution in [2.75, 3.05) is 12.3 Å². The highest BCUT2D eigenvalue weighted by Gasteiger charge is 1.98. The third-order valence-corrected chi connectivity index (χ3v) is 2.01. The number of benzene rings is 1. The van der Waals surface area contributed by atoms with Crippen molar-refractivity contribution in [2.24, 2.45) is 0 Å². The fraction of sp³-hybridized carbons (Fsp3) is 0.0833. The number of nitrogens with zero attached hydrogens (tertiary/aromatic N) is 1. The molecule has 2 aromatic rings. The zero-order valence-corrected chi connectivity index (χ0v) is 8.10. The number of fused-ring (bicyclic) bond motifs is 1. The Labute approximate surface area is 87.9 Å². The van der Waals surface area contributed by atoms with Gasteiger partial charge in [-0.1, -0.05) is 5.92 Å². The summed E-state index contributed by atoms with van der Waals surface area (Å²) in [6.45, 7) is 0.258. The molecule has 15 heavy (non-hydrogen) atoms. The molecular weight excluding hydrogens is 188 g/mol. The summed E-state index contributed by atoms with van der Waals surface area (Å²) in [6, 6.07) is 9.29. The van der Waals surface area contributed by atoms with Crippen molar-refractivity contribution >= 4 is 16.7 Å². The first-order chi connectivity index (χ1) is 7.29. The zero-order valence-electron chi connectivity index (χ0n) is 8.10. The molecule has 0 radical (unpaired) electrons. The molecule has 1 heterocycles. The van der Waals surface area contributed by atoms with Crippen LogP contribution in [0.4, 0.5) is 5.82 Å². The number of hydrogen-bond acceptors (Lipinski definition) is 3. The first-order valence-electron chi connectivity index (χ1n) is 4.52. The minimum Gasteiger partial charge on any atom is -0.481 e. The van der Waals surface area contributed by atoms with Gasteiger partial charge in [0, 0.05) is 11.5 Å². The Bertz CT molecular complexity index is 529. The molecule has 3 heteroatoms. The Kier molecular flexibility index (Phi) is 2.42. The largest absolute Gasteiger partial charge is 0.481 e. The Morgan fingerprint density at radius 3 is 2.93 bits per heavy atom. The molecule has 0 unspecified atom stereocenters. The van der Waals surface area contributed by atoms with Crippen molar-refractivity contribution in [3.05, 3.63) is 30.3 Å². The van der Waals surface area contributed by atoms with Crippen molar-refractivity contribution in [3.63, 3.8) is 0 Å². The molecule has 3 nitrogen and oxygen atoms in total. The van der Waals surface area contributed by atoms with E-state index in [1.807, 2.05) is 24.3 Å². The molecule has 0 saturated carbocycles. The van der Waals surface area contributed by atoms with Crippen molar-refractivity contribution < 1.29 is 4.74 Å². The lowest BCUT2D eigenvalue weighted by Crippen LogP contribution is -1.94. The van der Waals surface area contributed by atoms with Crippen LogP contribution in [0.5, 0.6) is 5.75 Å². The summed E-state index contributed by atoms with van der Waals surface area (Å²) in [5, 5.41) is 1.03. The molecule has 2 rings (SSSR count). The Morgan fingerprint density at radius 2 is 2.13 bits per heavy atom. The number of hydrogen-bond donors (Lipinski definition) is 1. The number of terminal acetylenes is 1. The second kappa shape index (κ2) is 3.89. The average Bonchev–Trinajstić information content (AvgIpc) is 2.25. The lowest BCUT2D eigenvalue weighted by atomic mass is 10.2. The molecule has 1 aromatic heterocycles. The monoisotopic (exact) mass is 198 g/mol. The van der Waals surface area contributed by atoms with E-state index in [1.54, 1.807) is 6.07 Å². The molecule has 0 fully saturated rings. The summed E-state index contributed by atoms with van der Waals surface area (Å²) < 4.78 is 5.29. The molecule has 2 N–H and O–H groups in total. The van der Waals surface area contributed by atoms with Crippen LogP contribution in [-0.4, -0.2) is 11.6 Å². The second-order valence-electron chi connectivity index (χ2n) is 3.08. The third kappa shape index (κ3) is 2.00. The van der Waals surface area contributed by atoms with Crippen molar-refractivity contribution in [2.45, 2.75) is 0 Å². The number of ether oxygens (including phenoxy) is 1. The molecule has 0 spiro atoms. The van der Waals surface area contributed by atoms with Crippen LogP contribution in [-0.2, 0) is 0 Å². The zero-order chi connectivity index (χ0) is 10.7. The molecule has 1 aromatic carbocycles. The van der Waals surface area contributed by atoms with E-state index >= 15 is 0 Å². The molecule has 0 aliphatic rings.